The summed E-state index contributed by atoms with van der Waals surface area (Å²) in [5, 5.41) is 7.29. The molecule has 0 radical (unpaired) electrons. The second-order valence-corrected chi connectivity index (χ2v) is 6.69. The van der Waals surface area contributed by atoms with Gasteiger partial charge in [-0.3, -0.25) is 5.41 Å². The van der Waals surface area contributed by atoms with Crippen molar-refractivity contribution in [3.05, 3.63) is 0 Å². The highest BCUT2D eigenvalue weighted by atomic mass is 32.2. The predicted molar refractivity (Wildman–Crippen MR) is 74.5 cm³/mol. The molecule has 1 fully saturated rings. The van der Waals surface area contributed by atoms with Crippen molar-refractivity contribution in [2.45, 2.75) is 51.7 Å². The molecule has 0 spiro atoms. The minimum atomic E-state index is -4.06. The van der Waals surface area contributed by atoms with Crippen molar-refractivity contribution in [2.75, 3.05) is 6.54 Å². The lowest BCUT2D eigenvalue weighted by Crippen LogP contribution is -2.50. The molecule has 0 aromatic rings. The summed E-state index contributed by atoms with van der Waals surface area (Å²) in [5.74, 6) is -0.264. The van der Waals surface area contributed by atoms with Crippen molar-refractivity contribution in [1.29, 1.82) is 5.41 Å². The van der Waals surface area contributed by atoms with Gasteiger partial charge < -0.3 is 10.5 Å². The molecule has 1 saturated carbocycles. The highest BCUT2D eigenvalue weighted by Gasteiger charge is 2.34. The number of amides is 1. The van der Waals surface area contributed by atoms with Crippen molar-refractivity contribution < 1.29 is 17.9 Å². The zero-order chi connectivity index (χ0) is 15.3. The Morgan fingerprint density at radius 1 is 1.45 bits per heavy atom. The topological polar surface area (TPSA) is 126 Å². The minimum absolute atomic E-state index is 0.227. The van der Waals surface area contributed by atoms with E-state index in [9.17, 15) is 13.2 Å². The van der Waals surface area contributed by atoms with Crippen LogP contribution in [-0.2, 0) is 14.9 Å². The normalized spacial score (nSPS) is 16.6. The van der Waals surface area contributed by atoms with E-state index in [1.165, 1.54) is 0 Å². The molecule has 4 N–H and O–H groups in total. The fourth-order valence-corrected chi connectivity index (χ4v) is 3.46. The molecule has 0 atom stereocenters. The Morgan fingerprint density at radius 3 is 2.45 bits per heavy atom. The monoisotopic (exact) mass is 306 g/mol. The average Bonchev–Trinajstić information content (AvgIpc) is 2.76. The Hall–Kier alpha value is -1.35. The van der Waals surface area contributed by atoms with E-state index in [2.05, 4.69) is 0 Å². The summed E-state index contributed by atoms with van der Waals surface area (Å²) < 4.78 is 32.1. The lowest BCUT2D eigenvalue weighted by atomic mass is 10.2. The summed E-state index contributed by atoms with van der Waals surface area (Å²) in [6.07, 6.45) is 1.81. The first kappa shape index (κ1) is 16.7. The molecule has 0 aromatic heterocycles. The van der Waals surface area contributed by atoms with Gasteiger partial charge in [0.15, 0.2) is 0 Å². The van der Waals surface area contributed by atoms with Crippen LogP contribution < -0.4 is 10.5 Å². The maximum absolute atomic E-state index is 12.2. The molecule has 1 aliphatic carbocycles. The van der Waals surface area contributed by atoms with E-state index in [1.54, 1.807) is 13.8 Å². The fourth-order valence-electron chi connectivity index (χ4n) is 2.17. The molecule has 1 amide bonds. The van der Waals surface area contributed by atoms with Crippen molar-refractivity contribution in [1.82, 2.24) is 9.03 Å². The SMILES string of the molecule is CC(C)OC(=O)NS(=O)(=O)N(CC(=N)N)C1CCCC1. The number of ether oxygens (including phenoxy) is 1. The number of hydrogen-bond acceptors (Lipinski definition) is 5. The van der Waals surface area contributed by atoms with Crippen LogP contribution in [0.15, 0.2) is 0 Å². The zero-order valence-electron chi connectivity index (χ0n) is 11.8. The summed E-state index contributed by atoms with van der Waals surface area (Å²) in [6, 6.07) is -0.233. The molecule has 116 valence electrons. The van der Waals surface area contributed by atoms with Gasteiger partial charge in [-0.05, 0) is 26.7 Å². The number of nitrogens with one attached hydrogen (secondary N) is 2. The molecular formula is C11H22N4O4S. The van der Waals surface area contributed by atoms with Crippen LogP contribution in [0.2, 0.25) is 0 Å². The van der Waals surface area contributed by atoms with Crippen LogP contribution in [0.1, 0.15) is 39.5 Å². The van der Waals surface area contributed by atoms with Gasteiger partial charge in [-0.2, -0.15) is 12.7 Å². The van der Waals surface area contributed by atoms with Crippen molar-refractivity contribution in [2.24, 2.45) is 5.73 Å². The molecule has 0 bridgehead atoms. The van der Waals surface area contributed by atoms with E-state index in [4.69, 9.17) is 15.9 Å². The molecular weight excluding hydrogens is 284 g/mol. The van der Waals surface area contributed by atoms with Crippen LogP contribution in [0.25, 0.3) is 0 Å². The number of amidine groups is 1. The predicted octanol–water partition coefficient (Wildman–Crippen LogP) is 0.546. The first-order valence-corrected chi connectivity index (χ1v) is 7.99. The van der Waals surface area contributed by atoms with Crippen molar-refractivity contribution in [3.63, 3.8) is 0 Å². The second kappa shape index (κ2) is 6.89. The molecule has 9 heteroatoms. The molecule has 20 heavy (non-hydrogen) atoms. The fraction of sp³-hybridized carbons (Fsp3) is 0.818. The van der Waals surface area contributed by atoms with Crippen LogP contribution in [0.5, 0.6) is 0 Å². The largest absolute Gasteiger partial charge is 0.446 e. The Labute approximate surface area is 119 Å². The minimum Gasteiger partial charge on any atom is -0.446 e. The van der Waals surface area contributed by atoms with Crippen LogP contribution in [0.3, 0.4) is 0 Å². The van der Waals surface area contributed by atoms with Gasteiger partial charge in [-0.1, -0.05) is 12.8 Å². The Morgan fingerprint density at radius 2 is 2.00 bits per heavy atom. The van der Waals surface area contributed by atoms with Gasteiger partial charge in [0.05, 0.1) is 12.6 Å². The quantitative estimate of drug-likeness (QED) is 0.488. The Balaban J connectivity index is 2.81. The second-order valence-electron chi connectivity index (χ2n) is 5.07. The highest BCUT2D eigenvalue weighted by molar-refractivity contribution is 7.87. The standard InChI is InChI=1S/C11H22N4O4S/c1-8(2)19-11(16)14-20(17,18)15(7-10(12)13)9-5-3-4-6-9/h8-9H,3-7H2,1-2H3,(H3,12,13)(H,14,16). The molecule has 0 saturated heterocycles. The lowest BCUT2D eigenvalue weighted by Gasteiger charge is -2.27. The summed E-state index contributed by atoms with van der Waals surface area (Å²) in [6.45, 7) is 3.02. The van der Waals surface area contributed by atoms with Gasteiger partial charge in [0.1, 0.15) is 5.84 Å². The first-order chi connectivity index (χ1) is 9.22. The number of hydrogen-bond donors (Lipinski definition) is 3. The number of nitrogens with two attached hydrogens (primary N) is 1. The third kappa shape index (κ3) is 4.97. The van der Waals surface area contributed by atoms with E-state index < -0.39 is 22.4 Å². The van der Waals surface area contributed by atoms with Crippen LogP contribution in [0.4, 0.5) is 4.79 Å². The molecule has 8 nitrogen and oxygen atoms in total. The molecule has 0 aromatic carbocycles. The van der Waals surface area contributed by atoms with Gasteiger partial charge in [-0.15, -0.1) is 0 Å². The zero-order valence-corrected chi connectivity index (χ0v) is 12.6. The lowest BCUT2D eigenvalue weighted by molar-refractivity contribution is 0.121. The number of carbonyl (C=O) groups is 1. The molecule has 0 heterocycles. The summed E-state index contributed by atoms with van der Waals surface area (Å²) >= 11 is 0. The van der Waals surface area contributed by atoms with Gasteiger partial charge in [0.2, 0.25) is 0 Å². The number of nitrogens with zero attached hydrogens (tertiary/aromatic N) is 1. The van der Waals surface area contributed by atoms with Crippen LogP contribution >= 0.6 is 0 Å². The van der Waals surface area contributed by atoms with E-state index in [-0.39, 0.29) is 18.4 Å². The third-order valence-electron chi connectivity index (χ3n) is 2.92. The molecule has 0 aliphatic heterocycles. The maximum atomic E-state index is 12.2. The van der Waals surface area contributed by atoms with Crippen LogP contribution in [0, 0.1) is 5.41 Å². The smallest absolute Gasteiger partial charge is 0.422 e. The van der Waals surface area contributed by atoms with Crippen molar-refractivity contribution in [3.8, 4) is 0 Å². The Kier molecular flexibility index (Phi) is 5.75. The molecule has 1 aliphatic rings. The summed E-state index contributed by atoms with van der Waals surface area (Å²) in [4.78, 5) is 11.5. The van der Waals surface area contributed by atoms with E-state index >= 15 is 0 Å². The maximum Gasteiger partial charge on any atom is 0.422 e. The molecule has 0 unspecified atom stereocenters. The highest BCUT2D eigenvalue weighted by Crippen LogP contribution is 2.25. The van der Waals surface area contributed by atoms with Crippen molar-refractivity contribution >= 4 is 22.1 Å². The molecule has 1 rings (SSSR count). The van der Waals surface area contributed by atoms with E-state index in [0.717, 1.165) is 17.1 Å². The third-order valence-corrected chi connectivity index (χ3v) is 4.39. The van der Waals surface area contributed by atoms with E-state index in [1.807, 2.05) is 4.72 Å². The van der Waals surface area contributed by atoms with Gasteiger partial charge in [0.25, 0.3) is 0 Å². The summed E-state index contributed by atoms with van der Waals surface area (Å²) in [7, 11) is -4.06. The average molecular weight is 306 g/mol. The van der Waals surface area contributed by atoms with Gasteiger partial charge in [0, 0.05) is 6.04 Å². The Bertz CT molecular complexity index is 457. The number of carbonyl (C=O) groups excluding carboxylic acids is 1. The number of rotatable bonds is 6. The van der Waals surface area contributed by atoms with Gasteiger partial charge >= 0.3 is 16.3 Å². The first-order valence-electron chi connectivity index (χ1n) is 6.55. The van der Waals surface area contributed by atoms with E-state index in [0.29, 0.717) is 12.8 Å². The van der Waals surface area contributed by atoms with Crippen LogP contribution in [-0.4, -0.2) is 43.3 Å². The summed E-state index contributed by atoms with van der Waals surface area (Å²) in [5.41, 5.74) is 5.30. The van der Waals surface area contributed by atoms with Gasteiger partial charge in [-0.25, -0.2) is 9.52 Å².